The lowest BCUT2D eigenvalue weighted by Crippen LogP contribution is -2.70. The predicted molar refractivity (Wildman–Crippen MR) is 311 cm³/mol. The molecule has 0 spiro atoms. The highest BCUT2D eigenvalue weighted by atomic mass is 16.8. The van der Waals surface area contributed by atoms with E-state index >= 15 is 0 Å². The van der Waals surface area contributed by atoms with E-state index in [1.54, 1.807) is 0 Å². The molecule has 0 aromatic rings. The summed E-state index contributed by atoms with van der Waals surface area (Å²) in [7, 11) is 0. The van der Waals surface area contributed by atoms with Gasteiger partial charge in [-0.25, -0.2) is 0 Å². The smallest absolute Gasteiger partial charge is 0.217 e. The van der Waals surface area contributed by atoms with Crippen LogP contribution in [0.4, 0.5) is 0 Å². The van der Waals surface area contributed by atoms with Crippen molar-refractivity contribution in [3.8, 4) is 0 Å². The van der Waals surface area contributed by atoms with E-state index in [-0.39, 0.29) is 0 Å². The molecule has 8 saturated heterocycles. The average Bonchev–Trinajstić information content (AvgIpc) is 0.776. The molecule has 0 aromatic carbocycles. The highest BCUT2D eigenvalue weighted by molar-refractivity contribution is 5.74. The van der Waals surface area contributed by atoms with E-state index in [2.05, 4.69) is 21.3 Å². The lowest BCUT2D eigenvalue weighted by molar-refractivity contribution is -0.393. The van der Waals surface area contributed by atoms with Crippen LogP contribution in [0, 0.1) is 0 Å². The minimum atomic E-state index is -2.47. The normalized spacial score (nSPS) is 48.3. The quantitative estimate of drug-likeness (QED) is 0.0382. The van der Waals surface area contributed by atoms with Gasteiger partial charge in [0.25, 0.3) is 0 Å². The van der Waals surface area contributed by atoms with Gasteiger partial charge in [-0.05, 0) is 0 Å². The van der Waals surface area contributed by atoms with Crippen molar-refractivity contribution in [2.45, 2.75) is 273 Å². The molecule has 8 fully saturated rings. The van der Waals surface area contributed by atoms with Gasteiger partial charge in [-0.3, -0.25) is 19.2 Å². The minimum absolute atomic E-state index is 0.763. The second-order valence-corrected chi connectivity index (χ2v) is 25.4. The van der Waals surface area contributed by atoms with Gasteiger partial charge in [0.2, 0.25) is 23.6 Å². The Kier molecular flexibility index (Phi) is 29.9. The Bertz CT molecular complexity index is 2640. The molecular weight excluding hydrogens is 1380 g/mol. The molecule has 584 valence electrons. The van der Waals surface area contributed by atoms with Crippen LogP contribution in [0.5, 0.6) is 0 Å². The molecule has 1 unspecified atom stereocenters. The molecular formula is C56H94N4O41. The number of carbonyl (C=O) groups is 4. The van der Waals surface area contributed by atoms with Gasteiger partial charge in [-0.15, -0.1) is 0 Å². The van der Waals surface area contributed by atoms with Crippen molar-refractivity contribution in [2.75, 3.05) is 52.9 Å². The molecule has 0 aromatic heterocycles. The zero-order valence-corrected chi connectivity index (χ0v) is 54.3. The SMILES string of the molecule is CC(=O)N[C@H]1[C@H](O[C@H]2[C@H](O)[C@@H](NC(C)=O)C(O)O[C@@H]2CO)O[C@H](CO)[C@@H](O[C@@H]2O[C@H](CO[C@H]3O[C@H](CO)[C@@H](O)[C@H](O)[C@@H]3O[C@@H]3O[C@H](CO)[C@@H](O)[C@H](O)[C@H]3NC(C)=O)[C@@H](O)[C@H](O[C@H]3O[C@H](CO)[C@@H](O[C@@H]4O[C@H](CO)[C@@H](O[C@@H]5O[C@H](CO)[C@H](O)[C@H](O)[C@H]5O)[C@H](O)[C@H]4NC(C)=O)[C@H](O)[C@@H]3O)[C@@H]2O)[C@@H]1O. The topological polar surface area (TPSA) is 700 Å². The minimum Gasteiger partial charge on any atom is -0.394 e. The number of hydrogen-bond donors (Lipinski definition) is 26. The number of aliphatic hydroxyl groups is 22. The largest absolute Gasteiger partial charge is 0.394 e. The zero-order valence-electron chi connectivity index (χ0n) is 54.3. The van der Waals surface area contributed by atoms with Gasteiger partial charge in [-0.2, -0.15) is 0 Å². The van der Waals surface area contributed by atoms with Crippen LogP contribution in [0.2, 0.25) is 0 Å². The maximum Gasteiger partial charge on any atom is 0.217 e. The summed E-state index contributed by atoms with van der Waals surface area (Å²) in [6.07, 6.45) is -72.3. The van der Waals surface area contributed by atoms with Crippen molar-refractivity contribution in [1.82, 2.24) is 21.3 Å². The molecule has 40 atom stereocenters. The fraction of sp³-hybridized carbons (Fsp3) is 0.929. The molecule has 45 nitrogen and oxygen atoms in total. The second kappa shape index (κ2) is 36.3. The fourth-order valence-electron chi connectivity index (χ4n) is 13.0. The van der Waals surface area contributed by atoms with Crippen molar-refractivity contribution in [3.63, 3.8) is 0 Å². The Hall–Kier alpha value is -3.60. The maximum absolute atomic E-state index is 12.9. The van der Waals surface area contributed by atoms with Crippen LogP contribution in [0.3, 0.4) is 0 Å². The number of carbonyl (C=O) groups excluding carboxylic acids is 4. The summed E-state index contributed by atoms with van der Waals surface area (Å²) >= 11 is 0. The third-order valence-electron chi connectivity index (χ3n) is 18.2. The van der Waals surface area contributed by atoms with Crippen molar-refractivity contribution < 1.29 is 203 Å². The van der Waals surface area contributed by atoms with Crippen molar-refractivity contribution in [2.24, 2.45) is 0 Å². The van der Waals surface area contributed by atoms with Crippen LogP contribution in [0.25, 0.3) is 0 Å². The molecule has 4 amide bonds. The monoisotopic (exact) mass is 1480 g/mol. The molecule has 8 aliphatic heterocycles. The fourth-order valence-corrected chi connectivity index (χ4v) is 13.0. The van der Waals surface area contributed by atoms with Crippen LogP contribution in [0.15, 0.2) is 0 Å². The van der Waals surface area contributed by atoms with Gasteiger partial charge in [0, 0.05) is 27.7 Å². The number of rotatable bonds is 26. The van der Waals surface area contributed by atoms with Crippen LogP contribution < -0.4 is 21.3 Å². The number of nitrogens with one attached hydrogen (secondary N) is 4. The highest BCUT2D eigenvalue weighted by Crippen LogP contribution is 2.39. The third-order valence-corrected chi connectivity index (χ3v) is 18.2. The van der Waals surface area contributed by atoms with E-state index in [1.807, 2.05) is 0 Å². The first kappa shape index (κ1) is 83.0. The number of aliphatic hydroxyl groups excluding tert-OH is 22. The second-order valence-electron chi connectivity index (χ2n) is 25.4. The Morgan fingerprint density at radius 1 is 0.257 bits per heavy atom. The number of amides is 4. The summed E-state index contributed by atoms with van der Waals surface area (Å²) < 4.78 is 87.9. The van der Waals surface area contributed by atoms with Gasteiger partial charge in [0.05, 0.1) is 52.9 Å². The molecule has 0 radical (unpaired) electrons. The molecule has 8 aliphatic rings. The molecule has 26 N–H and O–H groups in total. The van der Waals surface area contributed by atoms with E-state index in [0.29, 0.717) is 0 Å². The average molecular weight is 1480 g/mol. The summed E-state index contributed by atoms with van der Waals surface area (Å²) in [5, 5.41) is 252. The molecule has 8 heterocycles. The molecule has 0 bridgehead atoms. The Labute approximate surface area is 572 Å². The first-order valence-electron chi connectivity index (χ1n) is 32.1. The Morgan fingerprint density at radius 3 is 0.970 bits per heavy atom. The van der Waals surface area contributed by atoms with E-state index < -0.39 is 322 Å². The summed E-state index contributed by atoms with van der Waals surface area (Å²) in [4.78, 5) is 49.9. The Morgan fingerprint density at radius 2 is 0.535 bits per heavy atom. The summed E-state index contributed by atoms with van der Waals surface area (Å²) in [5.74, 6) is -3.37. The van der Waals surface area contributed by atoms with Crippen LogP contribution in [-0.2, 0) is 90.2 Å². The Balaban J connectivity index is 1.08. The van der Waals surface area contributed by atoms with E-state index in [0.717, 1.165) is 27.7 Å². The van der Waals surface area contributed by atoms with Crippen LogP contribution in [0.1, 0.15) is 27.7 Å². The van der Waals surface area contributed by atoms with Crippen LogP contribution >= 0.6 is 0 Å². The molecule has 45 heteroatoms. The zero-order chi connectivity index (χ0) is 74.5. The third kappa shape index (κ3) is 18.5. The molecule has 0 saturated carbocycles. The summed E-state index contributed by atoms with van der Waals surface area (Å²) in [6.45, 7) is -4.37. The van der Waals surface area contributed by atoms with Gasteiger partial charge in [-0.1, -0.05) is 0 Å². The molecule has 101 heavy (non-hydrogen) atoms. The summed E-state index contributed by atoms with van der Waals surface area (Å²) in [6, 6.07) is -6.97. The van der Waals surface area contributed by atoms with E-state index in [1.165, 1.54) is 0 Å². The predicted octanol–water partition coefficient (Wildman–Crippen LogP) is -17.9. The first-order chi connectivity index (χ1) is 47.8. The van der Waals surface area contributed by atoms with E-state index in [9.17, 15) is 132 Å². The van der Waals surface area contributed by atoms with Gasteiger partial charge in [0.1, 0.15) is 195 Å². The number of hydrogen-bond acceptors (Lipinski definition) is 41. The molecule has 8 rings (SSSR count). The highest BCUT2D eigenvalue weighted by Gasteiger charge is 2.60. The lowest BCUT2D eigenvalue weighted by Gasteiger charge is -2.51. The van der Waals surface area contributed by atoms with Crippen molar-refractivity contribution in [3.05, 3.63) is 0 Å². The maximum atomic E-state index is 12.9. The number of ether oxygens (including phenoxy) is 15. The van der Waals surface area contributed by atoms with Gasteiger partial charge < -0.3 is 205 Å². The van der Waals surface area contributed by atoms with Crippen LogP contribution in [-0.4, -0.2) is 434 Å². The van der Waals surface area contributed by atoms with Gasteiger partial charge >= 0.3 is 0 Å². The van der Waals surface area contributed by atoms with Crippen molar-refractivity contribution >= 4 is 23.6 Å². The van der Waals surface area contributed by atoms with Gasteiger partial charge in [0.15, 0.2) is 50.3 Å². The van der Waals surface area contributed by atoms with E-state index in [4.69, 9.17) is 71.1 Å². The lowest BCUT2D eigenvalue weighted by atomic mass is 9.93. The van der Waals surface area contributed by atoms with Crippen molar-refractivity contribution in [1.29, 1.82) is 0 Å². The molecule has 0 aliphatic carbocycles. The summed E-state index contributed by atoms with van der Waals surface area (Å²) in [5.41, 5.74) is 0. The standard InChI is InChI=1S/C56H94N4O41/c1-13(68)57-25-34(77)43(20(8-64)88-49(25)86)96-51-27(59-15(3)70)36(79)45(22(10-66)92-51)99-55-42(85)47(32(75)24(95-55)12-87-56-48(38(81)31(74)19(7-63)91-56)101-50-26(58-14(2)69)33(76)29(72)17(5-61)89-50)100-54-41(84)39(82)46(23(11-67)94-54)97-52-28(60-16(4)71)35(78)44(21(9-65)93-52)98-53-40(83)37(80)30(73)18(6-62)90-53/h17-56,61-67,72-86H,5-12H2,1-4H3,(H,57,68)(H,58,69)(H,59,70)(H,60,71)/t17-,18-,19-,20-,21-,22-,23-,24-,25-,26-,27-,28-,29-,30+,31-,32-,33-,34-,35-,36-,37+,38+,39-,40-,41+,42+,43-,44-,45-,46-,47+,48+,49?,50+,51+,52+,53+,54-,55+,56+/m1/s1. The first-order valence-corrected chi connectivity index (χ1v) is 32.1.